The Hall–Kier alpha value is -2.10. The van der Waals surface area contributed by atoms with E-state index >= 15 is 0 Å². The van der Waals surface area contributed by atoms with Gasteiger partial charge in [0.2, 0.25) is 5.91 Å². The van der Waals surface area contributed by atoms with E-state index in [1.165, 1.54) is 12.4 Å². The van der Waals surface area contributed by atoms with Gasteiger partial charge in [0, 0.05) is 48.3 Å². The molecule has 9 heteroatoms. The van der Waals surface area contributed by atoms with Gasteiger partial charge >= 0.3 is 0 Å². The van der Waals surface area contributed by atoms with Crippen LogP contribution in [0.25, 0.3) is 0 Å². The summed E-state index contributed by atoms with van der Waals surface area (Å²) >= 11 is 3.24. The SMILES string of the molecule is CC1CC(O)c2ncnc(N3CCN(C(=O)C(CN)c4ccc(Br)cc4F)CC3)c21. The monoisotopic (exact) mass is 477 g/mol. The lowest BCUT2D eigenvalue weighted by atomic mass is 9.96. The first-order valence-corrected chi connectivity index (χ1v) is 10.9. The Morgan fingerprint density at radius 3 is 2.73 bits per heavy atom. The zero-order valence-electron chi connectivity index (χ0n) is 16.8. The predicted octanol–water partition coefficient (Wildman–Crippen LogP) is 2.31. The molecule has 3 atom stereocenters. The van der Waals surface area contributed by atoms with E-state index in [0.717, 1.165) is 11.4 Å². The standard InChI is InChI=1S/C21H25BrFN5O2/c1-12-8-17(29)19-18(12)20(26-11-25-19)27-4-6-28(7-5-27)21(30)15(10-24)14-3-2-13(22)9-16(14)23/h2-3,9,11-12,15,17,29H,4-8,10,24H2,1H3. The van der Waals surface area contributed by atoms with Gasteiger partial charge in [-0.3, -0.25) is 4.79 Å². The summed E-state index contributed by atoms with van der Waals surface area (Å²) in [5.41, 5.74) is 7.88. The molecule has 1 aromatic carbocycles. The molecule has 2 aromatic rings. The molecule has 4 rings (SSSR count). The average Bonchev–Trinajstić information content (AvgIpc) is 3.04. The molecule has 3 N–H and O–H groups in total. The molecule has 1 aliphatic heterocycles. The molecule has 0 spiro atoms. The third-order valence-electron chi connectivity index (χ3n) is 6.04. The van der Waals surface area contributed by atoms with E-state index in [1.54, 1.807) is 17.0 Å². The van der Waals surface area contributed by atoms with Gasteiger partial charge in [0.1, 0.15) is 18.0 Å². The summed E-state index contributed by atoms with van der Waals surface area (Å²) in [6.07, 6.45) is 1.59. The van der Waals surface area contributed by atoms with Crippen molar-refractivity contribution in [1.29, 1.82) is 0 Å². The zero-order valence-corrected chi connectivity index (χ0v) is 18.3. The summed E-state index contributed by atoms with van der Waals surface area (Å²) in [6.45, 7) is 4.34. The van der Waals surface area contributed by atoms with E-state index in [2.05, 4.69) is 37.7 Å². The second-order valence-electron chi connectivity index (χ2n) is 7.92. The lowest BCUT2D eigenvalue weighted by Crippen LogP contribution is -2.51. The van der Waals surface area contributed by atoms with E-state index in [0.29, 0.717) is 48.3 Å². The van der Waals surface area contributed by atoms with Crippen LogP contribution in [0.4, 0.5) is 10.2 Å². The van der Waals surface area contributed by atoms with Crippen molar-refractivity contribution in [2.24, 2.45) is 5.73 Å². The molecule has 1 aromatic heterocycles. The summed E-state index contributed by atoms with van der Waals surface area (Å²) in [7, 11) is 0. The van der Waals surface area contributed by atoms with Crippen LogP contribution in [0, 0.1) is 5.82 Å². The van der Waals surface area contributed by atoms with Crippen molar-refractivity contribution in [3.63, 3.8) is 0 Å². The van der Waals surface area contributed by atoms with E-state index in [4.69, 9.17) is 5.73 Å². The number of aliphatic hydroxyl groups excluding tert-OH is 1. The topological polar surface area (TPSA) is 95.6 Å². The molecule has 2 aliphatic rings. The van der Waals surface area contributed by atoms with Gasteiger partial charge in [-0.1, -0.05) is 28.9 Å². The summed E-state index contributed by atoms with van der Waals surface area (Å²) in [4.78, 5) is 25.7. The number of fused-ring (bicyclic) bond motifs is 1. The molecule has 1 saturated heterocycles. The molecule has 7 nitrogen and oxygen atoms in total. The first-order valence-electron chi connectivity index (χ1n) is 10.1. The van der Waals surface area contributed by atoms with Crippen molar-refractivity contribution in [2.75, 3.05) is 37.6 Å². The maximum absolute atomic E-state index is 14.4. The first kappa shape index (κ1) is 21.1. The second-order valence-corrected chi connectivity index (χ2v) is 8.83. The number of aliphatic hydroxyl groups is 1. The summed E-state index contributed by atoms with van der Waals surface area (Å²) in [6, 6.07) is 4.69. The molecular formula is C21H25BrFN5O2. The van der Waals surface area contributed by atoms with Gasteiger partial charge in [0.25, 0.3) is 0 Å². The fourth-order valence-corrected chi connectivity index (χ4v) is 4.79. The Labute approximate surface area is 183 Å². The van der Waals surface area contributed by atoms with Crippen LogP contribution in [0.1, 0.15) is 48.1 Å². The maximum atomic E-state index is 14.4. The Kier molecular flexibility index (Phi) is 6.04. The highest BCUT2D eigenvalue weighted by Crippen LogP contribution is 2.42. The Morgan fingerprint density at radius 1 is 1.33 bits per heavy atom. The number of carbonyl (C=O) groups is 1. The zero-order chi connectivity index (χ0) is 21.4. The molecule has 2 heterocycles. The molecule has 1 amide bonds. The van der Waals surface area contributed by atoms with Gasteiger partial charge in [-0.2, -0.15) is 0 Å². The van der Waals surface area contributed by atoms with Gasteiger partial charge in [-0.15, -0.1) is 0 Å². The molecule has 160 valence electrons. The molecule has 1 fully saturated rings. The molecule has 1 aliphatic carbocycles. The van der Waals surface area contributed by atoms with Crippen LogP contribution in [0.3, 0.4) is 0 Å². The molecule has 3 unspecified atom stereocenters. The number of benzene rings is 1. The lowest BCUT2D eigenvalue weighted by Gasteiger charge is -2.37. The van der Waals surface area contributed by atoms with Crippen LogP contribution in [0.5, 0.6) is 0 Å². The highest BCUT2D eigenvalue weighted by Gasteiger charge is 2.35. The van der Waals surface area contributed by atoms with Crippen LogP contribution in [-0.2, 0) is 4.79 Å². The van der Waals surface area contributed by atoms with Crippen molar-refractivity contribution in [3.8, 4) is 0 Å². The fourth-order valence-electron chi connectivity index (χ4n) is 4.46. The number of hydrogen-bond acceptors (Lipinski definition) is 6. The Bertz CT molecular complexity index is 951. The van der Waals surface area contributed by atoms with Gasteiger partial charge < -0.3 is 20.6 Å². The fraction of sp³-hybridized carbons (Fsp3) is 0.476. The minimum absolute atomic E-state index is 0.0480. The maximum Gasteiger partial charge on any atom is 0.231 e. The highest BCUT2D eigenvalue weighted by atomic mass is 79.9. The number of nitrogens with zero attached hydrogens (tertiary/aromatic N) is 4. The number of halogens is 2. The summed E-state index contributed by atoms with van der Waals surface area (Å²) in [5.74, 6) is -0.271. The predicted molar refractivity (Wildman–Crippen MR) is 115 cm³/mol. The number of anilines is 1. The Morgan fingerprint density at radius 2 is 2.07 bits per heavy atom. The highest BCUT2D eigenvalue weighted by molar-refractivity contribution is 9.10. The molecule has 0 bridgehead atoms. The van der Waals surface area contributed by atoms with Crippen molar-refractivity contribution in [2.45, 2.75) is 31.3 Å². The molecule has 0 saturated carbocycles. The summed E-state index contributed by atoms with van der Waals surface area (Å²) in [5, 5.41) is 10.2. The largest absolute Gasteiger partial charge is 0.387 e. The van der Waals surface area contributed by atoms with Gasteiger partial charge in [-0.25, -0.2) is 14.4 Å². The van der Waals surface area contributed by atoms with Crippen LogP contribution in [0.15, 0.2) is 29.0 Å². The van der Waals surface area contributed by atoms with Crippen LogP contribution in [0.2, 0.25) is 0 Å². The third kappa shape index (κ3) is 3.81. The summed E-state index contributed by atoms with van der Waals surface area (Å²) < 4.78 is 15.0. The third-order valence-corrected chi connectivity index (χ3v) is 6.53. The molecule has 30 heavy (non-hydrogen) atoms. The van der Waals surface area contributed by atoms with Gasteiger partial charge in [-0.05, 0) is 24.5 Å². The van der Waals surface area contributed by atoms with Crippen molar-refractivity contribution < 1.29 is 14.3 Å². The number of rotatable bonds is 4. The number of piperazine rings is 1. The van der Waals surface area contributed by atoms with Gasteiger partial charge in [0.15, 0.2) is 0 Å². The first-order chi connectivity index (χ1) is 14.4. The second kappa shape index (κ2) is 8.56. The number of nitrogens with two attached hydrogens (primary N) is 1. The van der Waals surface area contributed by atoms with E-state index in [1.807, 2.05) is 0 Å². The van der Waals surface area contributed by atoms with Crippen LogP contribution >= 0.6 is 15.9 Å². The van der Waals surface area contributed by atoms with Crippen molar-refractivity contribution in [3.05, 3.63) is 51.6 Å². The number of amides is 1. The van der Waals surface area contributed by atoms with Gasteiger partial charge in [0.05, 0.1) is 17.7 Å². The molecular weight excluding hydrogens is 453 g/mol. The number of aromatic nitrogens is 2. The van der Waals surface area contributed by atoms with E-state index in [-0.39, 0.29) is 18.4 Å². The Balaban J connectivity index is 1.48. The van der Waals surface area contributed by atoms with Crippen molar-refractivity contribution in [1.82, 2.24) is 14.9 Å². The van der Waals surface area contributed by atoms with Crippen LogP contribution in [-0.4, -0.2) is 58.6 Å². The van der Waals surface area contributed by atoms with E-state index in [9.17, 15) is 14.3 Å². The quantitative estimate of drug-likeness (QED) is 0.701. The minimum Gasteiger partial charge on any atom is -0.387 e. The molecule has 0 radical (unpaired) electrons. The lowest BCUT2D eigenvalue weighted by molar-refractivity contribution is -0.133. The van der Waals surface area contributed by atoms with E-state index < -0.39 is 17.8 Å². The normalized spacial score (nSPS) is 22.2. The van der Waals surface area contributed by atoms with Crippen LogP contribution < -0.4 is 10.6 Å². The number of hydrogen-bond donors (Lipinski definition) is 2. The average molecular weight is 478 g/mol. The smallest absolute Gasteiger partial charge is 0.231 e. The van der Waals surface area contributed by atoms with Crippen molar-refractivity contribution >= 4 is 27.7 Å². The minimum atomic E-state index is -0.705. The number of carbonyl (C=O) groups excluding carboxylic acids is 1.